The number of phenols is 1. The van der Waals surface area contributed by atoms with Crippen molar-refractivity contribution in [3.05, 3.63) is 69.8 Å². The molecule has 4 aliphatic carbocycles. The van der Waals surface area contributed by atoms with E-state index in [9.17, 15) is 14.7 Å². The number of hydrogen-bond donors (Lipinski definition) is 2. The lowest BCUT2D eigenvalue weighted by atomic mass is 9.48. The fourth-order valence-electron chi connectivity index (χ4n) is 6.69. The highest BCUT2D eigenvalue weighted by Crippen LogP contribution is 2.61. The van der Waals surface area contributed by atoms with E-state index in [4.69, 9.17) is 16.7 Å². The summed E-state index contributed by atoms with van der Waals surface area (Å²) in [6, 6.07) is 10.1. The van der Waals surface area contributed by atoms with Crippen LogP contribution < -0.4 is 0 Å². The van der Waals surface area contributed by atoms with Gasteiger partial charge in [-0.2, -0.15) is 0 Å². The van der Waals surface area contributed by atoms with Crippen LogP contribution >= 0.6 is 11.6 Å². The standard InChI is InChI=1S/C26H25ClO4/c27-22-4-1-15(2-6-24(29)30)10-20(22)25(31)19-3-5-23(28)21(11-19)26-12-16-7-17(13-26)9-18(8-16)14-26/h1-6,10-11,16-18,28H,7-9,12-14H2,(H,29,30)/b6-2+. The summed E-state index contributed by atoms with van der Waals surface area (Å²) in [7, 11) is 0. The Labute approximate surface area is 186 Å². The van der Waals surface area contributed by atoms with Crippen LogP contribution in [0.1, 0.15) is 65.6 Å². The number of hydrogen-bond acceptors (Lipinski definition) is 3. The average Bonchev–Trinajstić information content (AvgIpc) is 2.72. The molecule has 2 aromatic rings. The molecular formula is C26H25ClO4. The van der Waals surface area contributed by atoms with Crippen LogP contribution in [0.5, 0.6) is 5.75 Å². The first-order valence-corrected chi connectivity index (χ1v) is 11.3. The van der Waals surface area contributed by atoms with Crippen molar-refractivity contribution in [3.8, 4) is 5.75 Å². The number of aromatic hydroxyl groups is 1. The molecule has 0 aliphatic heterocycles. The van der Waals surface area contributed by atoms with Crippen LogP contribution in [0.3, 0.4) is 0 Å². The molecule has 6 rings (SSSR count). The van der Waals surface area contributed by atoms with Gasteiger partial charge in [0.25, 0.3) is 0 Å². The fraction of sp³-hybridized carbons (Fsp3) is 0.385. The second kappa shape index (κ2) is 7.52. The predicted molar refractivity (Wildman–Crippen MR) is 120 cm³/mol. The highest BCUT2D eigenvalue weighted by atomic mass is 35.5. The summed E-state index contributed by atoms with van der Waals surface area (Å²) < 4.78 is 0. The Balaban J connectivity index is 1.51. The highest BCUT2D eigenvalue weighted by molar-refractivity contribution is 6.35. The average molecular weight is 437 g/mol. The van der Waals surface area contributed by atoms with Crippen molar-refractivity contribution >= 4 is 29.4 Å². The van der Waals surface area contributed by atoms with Crippen LogP contribution in [0, 0.1) is 17.8 Å². The third-order valence-electron chi connectivity index (χ3n) is 7.52. The number of aliphatic carboxylic acids is 1. The molecule has 2 aromatic carbocycles. The molecule has 0 aromatic heterocycles. The maximum atomic E-state index is 13.3. The maximum absolute atomic E-state index is 13.3. The number of benzene rings is 2. The van der Waals surface area contributed by atoms with Gasteiger partial charge in [0.05, 0.1) is 5.02 Å². The Bertz CT molecular complexity index is 1070. The summed E-state index contributed by atoms with van der Waals surface area (Å²) in [5, 5.41) is 19.9. The molecular weight excluding hydrogens is 412 g/mol. The topological polar surface area (TPSA) is 74.6 Å². The summed E-state index contributed by atoms with van der Waals surface area (Å²) >= 11 is 6.32. The molecule has 4 saturated carbocycles. The SMILES string of the molecule is O=C(O)/C=C/c1ccc(Cl)c(C(=O)c2ccc(O)c(C34CC5CC(CC(C5)C3)C4)c2)c1. The van der Waals surface area contributed by atoms with Crippen LogP contribution in [0.15, 0.2) is 42.5 Å². The number of carbonyl (C=O) groups excluding carboxylic acids is 1. The molecule has 0 heterocycles. The highest BCUT2D eigenvalue weighted by Gasteiger charge is 2.52. The van der Waals surface area contributed by atoms with Gasteiger partial charge in [0.1, 0.15) is 5.75 Å². The maximum Gasteiger partial charge on any atom is 0.328 e. The molecule has 0 atom stereocenters. The summed E-state index contributed by atoms with van der Waals surface area (Å²) in [5.74, 6) is 1.21. The summed E-state index contributed by atoms with van der Waals surface area (Å²) in [6.45, 7) is 0. The third kappa shape index (κ3) is 3.67. The zero-order chi connectivity index (χ0) is 21.8. The van der Waals surface area contributed by atoms with E-state index in [1.54, 1.807) is 30.3 Å². The number of carbonyl (C=O) groups is 2. The number of carboxylic acids is 1. The van der Waals surface area contributed by atoms with Gasteiger partial charge in [0, 0.05) is 22.8 Å². The van der Waals surface area contributed by atoms with Crippen molar-refractivity contribution in [1.82, 2.24) is 0 Å². The van der Waals surface area contributed by atoms with Crippen molar-refractivity contribution in [3.63, 3.8) is 0 Å². The quantitative estimate of drug-likeness (QED) is 0.456. The lowest BCUT2D eigenvalue weighted by molar-refractivity contribution is -0.131. The zero-order valence-electron chi connectivity index (χ0n) is 17.2. The molecule has 0 unspecified atom stereocenters. The Kier molecular flexibility index (Phi) is 4.93. The van der Waals surface area contributed by atoms with E-state index in [-0.39, 0.29) is 16.9 Å². The number of carboxylic acid groups (broad SMARTS) is 1. The van der Waals surface area contributed by atoms with Crippen molar-refractivity contribution in [1.29, 1.82) is 0 Å². The zero-order valence-corrected chi connectivity index (χ0v) is 17.9. The monoisotopic (exact) mass is 436 g/mol. The van der Waals surface area contributed by atoms with E-state index >= 15 is 0 Å². The van der Waals surface area contributed by atoms with Gasteiger partial charge >= 0.3 is 5.97 Å². The van der Waals surface area contributed by atoms with E-state index in [1.165, 1.54) is 25.3 Å². The summed E-state index contributed by atoms with van der Waals surface area (Å²) in [4.78, 5) is 24.2. The van der Waals surface area contributed by atoms with E-state index in [1.807, 2.05) is 6.07 Å². The van der Waals surface area contributed by atoms with Gasteiger partial charge < -0.3 is 10.2 Å². The minimum absolute atomic E-state index is 0.0228. The number of rotatable bonds is 5. The molecule has 0 radical (unpaired) electrons. The number of halogens is 1. The first-order chi connectivity index (χ1) is 14.8. The van der Waals surface area contributed by atoms with Crippen molar-refractivity contribution in [2.24, 2.45) is 17.8 Å². The minimum atomic E-state index is -1.05. The van der Waals surface area contributed by atoms with Gasteiger partial charge in [-0.3, -0.25) is 4.79 Å². The summed E-state index contributed by atoms with van der Waals surface area (Å²) in [5.41, 5.74) is 2.32. The predicted octanol–water partition coefficient (Wildman–Crippen LogP) is 5.84. The molecule has 0 saturated heterocycles. The molecule has 0 spiro atoms. The Morgan fingerprint density at radius 3 is 2.23 bits per heavy atom. The Hall–Kier alpha value is -2.59. The molecule has 0 amide bonds. The first-order valence-electron chi connectivity index (χ1n) is 10.9. The van der Waals surface area contributed by atoms with Gasteiger partial charge in [-0.25, -0.2) is 4.79 Å². The molecule has 4 bridgehead atoms. The van der Waals surface area contributed by atoms with Gasteiger partial charge in [-0.15, -0.1) is 0 Å². The van der Waals surface area contributed by atoms with Crippen molar-refractivity contribution in [2.75, 3.05) is 0 Å². The third-order valence-corrected chi connectivity index (χ3v) is 7.85. The normalized spacial score (nSPS) is 28.9. The van der Waals surface area contributed by atoms with Gasteiger partial charge in [-0.1, -0.05) is 17.7 Å². The second-order valence-corrected chi connectivity index (χ2v) is 10.1. The van der Waals surface area contributed by atoms with Crippen LogP contribution in [0.25, 0.3) is 6.08 Å². The molecule has 31 heavy (non-hydrogen) atoms. The Morgan fingerprint density at radius 2 is 1.61 bits per heavy atom. The molecule has 4 aliphatic rings. The number of phenolic OH excluding ortho intramolecular Hbond substituents is 1. The van der Waals surface area contributed by atoms with E-state index < -0.39 is 5.97 Å². The van der Waals surface area contributed by atoms with Crippen LogP contribution in [0.2, 0.25) is 5.02 Å². The van der Waals surface area contributed by atoms with E-state index in [2.05, 4.69) is 0 Å². The molecule has 160 valence electrons. The summed E-state index contributed by atoms with van der Waals surface area (Å²) in [6.07, 6.45) is 9.69. The van der Waals surface area contributed by atoms with E-state index in [0.717, 1.165) is 48.7 Å². The minimum Gasteiger partial charge on any atom is -0.508 e. The number of ketones is 1. The lowest BCUT2D eigenvalue weighted by Crippen LogP contribution is -2.48. The smallest absolute Gasteiger partial charge is 0.328 e. The Morgan fingerprint density at radius 1 is 0.968 bits per heavy atom. The van der Waals surface area contributed by atoms with Crippen LogP contribution in [-0.4, -0.2) is 22.0 Å². The molecule has 2 N–H and O–H groups in total. The fourth-order valence-corrected chi connectivity index (χ4v) is 6.89. The largest absolute Gasteiger partial charge is 0.508 e. The van der Waals surface area contributed by atoms with E-state index in [0.29, 0.717) is 21.7 Å². The van der Waals surface area contributed by atoms with Crippen LogP contribution in [-0.2, 0) is 10.2 Å². The molecule has 4 fully saturated rings. The van der Waals surface area contributed by atoms with Crippen molar-refractivity contribution < 1.29 is 19.8 Å². The molecule has 5 heteroatoms. The van der Waals surface area contributed by atoms with Gasteiger partial charge in [-0.05, 0) is 104 Å². The van der Waals surface area contributed by atoms with Gasteiger partial charge in [0.2, 0.25) is 0 Å². The molecule has 4 nitrogen and oxygen atoms in total. The van der Waals surface area contributed by atoms with Crippen molar-refractivity contribution in [2.45, 2.75) is 43.9 Å². The van der Waals surface area contributed by atoms with Gasteiger partial charge in [0.15, 0.2) is 5.78 Å². The second-order valence-electron chi connectivity index (χ2n) is 9.67. The first kappa shape index (κ1) is 20.3. The lowest BCUT2D eigenvalue weighted by Gasteiger charge is -2.57. The van der Waals surface area contributed by atoms with Crippen LogP contribution in [0.4, 0.5) is 0 Å².